The average molecular weight is 272 g/mol. The van der Waals surface area contributed by atoms with Crippen molar-refractivity contribution < 1.29 is 18.4 Å². The summed E-state index contributed by atoms with van der Waals surface area (Å²) < 4.78 is 31.9. The Morgan fingerprint density at radius 1 is 1.32 bits per heavy atom. The van der Waals surface area contributed by atoms with Crippen LogP contribution in [0.1, 0.15) is 25.7 Å². The Bertz CT molecular complexity index is 496. The fraction of sp³-hybridized carbons (Fsp3) is 0.500. The number of rotatable bonds is 3. The molecule has 104 valence electrons. The minimum absolute atomic E-state index is 0.278. The van der Waals surface area contributed by atoms with Crippen LogP contribution in [-0.4, -0.2) is 17.1 Å². The number of ether oxygens (including phenoxy) is 1. The molecule has 5 nitrogen and oxygen atoms in total. The van der Waals surface area contributed by atoms with Gasteiger partial charge in [-0.25, -0.2) is 4.39 Å². The molecule has 0 radical (unpaired) electrons. The third-order valence-electron chi connectivity index (χ3n) is 3.21. The van der Waals surface area contributed by atoms with Gasteiger partial charge in [0.25, 0.3) is 0 Å². The first kappa shape index (κ1) is 13.7. The Morgan fingerprint density at radius 3 is 2.63 bits per heavy atom. The Morgan fingerprint density at radius 2 is 2.00 bits per heavy atom. The van der Waals surface area contributed by atoms with Crippen LogP contribution in [0.25, 0.3) is 0 Å². The third kappa shape index (κ3) is 2.98. The smallest absolute Gasteiger partial charge is 0.346 e. The molecule has 0 saturated heterocycles. The molecule has 1 aromatic rings. The minimum atomic E-state index is -1.25. The molecule has 0 spiro atoms. The first-order valence-corrected chi connectivity index (χ1v) is 6.04. The maximum absolute atomic E-state index is 13.4. The van der Waals surface area contributed by atoms with Gasteiger partial charge in [0.1, 0.15) is 11.9 Å². The Balaban J connectivity index is 2.30. The summed E-state index contributed by atoms with van der Waals surface area (Å²) in [4.78, 5) is 9.89. The van der Waals surface area contributed by atoms with Gasteiger partial charge in [0.2, 0.25) is 11.6 Å². The van der Waals surface area contributed by atoms with Gasteiger partial charge in [0.15, 0.2) is 0 Å². The number of hydrogen-bond acceptors (Lipinski definition) is 4. The van der Waals surface area contributed by atoms with Crippen LogP contribution < -0.4 is 10.5 Å². The molecule has 1 aromatic carbocycles. The third-order valence-corrected chi connectivity index (χ3v) is 3.21. The first-order chi connectivity index (χ1) is 8.99. The lowest BCUT2D eigenvalue weighted by Crippen LogP contribution is -2.41. The van der Waals surface area contributed by atoms with Gasteiger partial charge >= 0.3 is 5.69 Å². The van der Waals surface area contributed by atoms with Crippen molar-refractivity contribution in [3.05, 3.63) is 33.9 Å². The van der Waals surface area contributed by atoms with Crippen LogP contribution in [0.3, 0.4) is 0 Å². The number of hydrogen-bond donors (Lipinski definition) is 1. The van der Waals surface area contributed by atoms with Gasteiger partial charge in [-0.05, 0) is 19.3 Å². The number of nitrogens with zero attached hydrogens (tertiary/aromatic N) is 1. The molecule has 1 saturated carbocycles. The predicted molar refractivity (Wildman–Crippen MR) is 63.9 cm³/mol. The van der Waals surface area contributed by atoms with E-state index >= 15 is 0 Å². The van der Waals surface area contributed by atoms with Gasteiger partial charge < -0.3 is 10.5 Å². The molecular formula is C12H14F2N2O3. The van der Waals surface area contributed by atoms with Crippen molar-refractivity contribution in [2.75, 3.05) is 0 Å². The molecule has 0 aromatic heterocycles. The van der Waals surface area contributed by atoms with Gasteiger partial charge in [0.05, 0.1) is 4.92 Å². The maximum atomic E-state index is 13.4. The Kier molecular flexibility index (Phi) is 3.94. The fourth-order valence-electron chi connectivity index (χ4n) is 2.24. The summed E-state index contributed by atoms with van der Waals surface area (Å²) in [6.45, 7) is 0. The summed E-state index contributed by atoms with van der Waals surface area (Å²) in [6.07, 6.45) is 2.74. The predicted octanol–water partition coefficient (Wildman–Crippen LogP) is 2.52. The summed E-state index contributed by atoms with van der Waals surface area (Å²) in [7, 11) is 0. The standard InChI is InChI=1S/C12H14F2N2O3/c13-7-5-8(14)12(16(17)18)11(6-7)19-10-4-2-1-3-9(10)15/h5-6,9-10H,1-4,15H2. The van der Waals surface area contributed by atoms with Gasteiger partial charge in [-0.15, -0.1) is 0 Å². The highest BCUT2D eigenvalue weighted by atomic mass is 19.1. The van der Waals surface area contributed by atoms with Crippen LogP contribution in [-0.2, 0) is 0 Å². The van der Waals surface area contributed by atoms with Crippen molar-refractivity contribution >= 4 is 5.69 Å². The topological polar surface area (TPSA) is 78.4 Å². The lowest BCUT2D eigenvalue weighted by molar-refractivity contribution is -0.388. The van der Waals surface area contributed by atoms with Crippen molar-refractivity contribution in [1.82, 2.24) is 0 Å². The van der Waals surface area contributed by atoms with Crippen molar-refractivity contribution in [2.45, 2.75) is 37.8 Å². The molecule has 2 N–H and O–H groups in total. The largest absolute Gasteiger partial charge is 0.482 e. The van der Waals surface area contributed by atoms with E-state index in [1.165, 1.54) is 0 Å². The number of nitro groups is 1. The molecule has 0 amide bonds. The van der Waals surface area contributed by atoms with Gasteiger partial charge in [-0.2, -0.15) is 4.39 Å². The molecule has 2 unspecified atom stereocenters. The second kappa shape index (κ2) is 5.48. The van der Waals surface area contributed by atoms with E-state index in [4.69, 9.17) is 10.5 Å². The highest BCUT2D eigenvalue weighted by molar-refractivity contribution is 5.47. The first-order valence-electron chi connectivity index (χ1n) is 6.04. The second-order valence-corrected chi connectivity index (χ2v) is 4.60. The summed E-state index contributed by atoms with van der Waals surface area (Å²) in [5.74, 6) is -2.56. The molecule has 2 atom stereocenters. The number of benzene rings is 1. The van der Waals surface area contributed by atoms with Crippen molar-refractivity contribution in [3.63, 3.8) is 0 Å². The second-order valence-electron chi connectivity index (χ2n) is 4.60. The minimum Gasteiger partial charge on any atom is -0.482 e. The monoisotopic (exact) mass is 272 g/mol. The summed E-state index contributed by atoms with van der Waals surface area (Å²) in [6, 6.07) is 1.01. The van der Waals surface area contributed by atoms with E-state index in [1.54, 1.807) is 0 Å². The molecule has 7 heteroatoms. The zero-order chi connectivity index (χ0) is 14.0. The number of nitrogens with two attached hydrogens (primary N) is 1. The SMILES string of the molecule is NC1CCCCC1Oc1cc(F)cc(F)c1[N+](=O)[O-]. The van der Waals surface area contributed by atoms with Crippen LogP contribution in [0.4, 0.5) is 14.5 Å². The normalized spacial score (nSPS) is 23.1. The van der Waals surface area contributed by atoms with Crippen LogP contribution in [0.5, 0.6) is 5.75 Å². The van der Waals surface area contributed by atoms with Gasteiger partial charge in [0, 0.05) is 18.2 Å². The summed E-state index contributed by atoms with van der Waals surface area (Å²) in [5.41, 5.74) is 5.00. The van der Waals surface area contributed by atoms with E-state index < -0.39 is 34.1 Å². The van der Waals surface area contributed by atoms with E-state index in [9.17, 15) is 18.9 Å². The van der Waals surface area contributed by atoms with Crippen LogP contribution in [0, 0.1) is 21.7 Å². The van der Waals surface area contributed by atoms with E-state index in [0.717, 1.165) is 25.3 Å². The van der Waals surface area contributed by atoms with Crippen LogP contribution in [0.15, 0.2) is 12.1 Å². The molecule has 1 aliphatic rings. The molecule has 0 aliphatic heterocycles. The van der Waals surface area contributed by atoms with Gasteiger partial charge in [-0.3, -0.25) is 10.1 Å². The van der Waals surface area contributed by atoms with E-state index in [1.807, 2.05) is 0 Å². The zero-order valence-corrected chi connectivity index (χ0v) is 10.1. The van der Waals surface area contributed by atoms with E-state index in [2.05, 4.69) is 0 Å². The van der Waals surface area contributed by atoms with E-state index in [-0.39, 0.29) is 6.04 Å². The zero-order valence-electron chi connectivity index (χ0n) is 10.1. The van der Waals surface area contributed by atoms with Gasteiger partial charge in [-0.1, -0.05) is 6.42 Å². The number of halogens is 2. The molecule has 1 aliphatic carbocycles. The maximum Gasteiger partial charge on any atom is 0.346 e. The fourth-order valence-corrected chi connectivity index (χ4v) is 2.24. The lowest BCUT2D eigenvalue weighted by atomic mass is 9.93. The molecule has 19 heavy (non-hydrogen) atoms. The summed E-state index contributed by atoms with van der Waals surface area (Å²) in [5, 5.41) is 10.8. The lowest BCUT2D eigenvalue weighted by Gasteiger charge is -2.28. The molecule has 1 fully saturated rings. The molecule has 0 heterocycles. The quantitative estimate of drug-likeness (QED) is 0.677. The van der Waals surface area contributed by atoms with Crippen LogP contribution in [0.2, 0.25) is 0 Å². The molecular weight excluding hydrogens is 258 g/mol. The van der Waals surface area contributed by atoms with Crippen molar-refractivity contribution in [2.24, 2.45) is 5.73 Å². The van der Waals surface area contributed by atoms with E-state index in [0.29, 0.717) is 12.5 Å². The number of nitro benzene ring substituents is 1. The van der Waals surface area contributed by atoms with Crippen molar-refractivity contribution in [1.29, 1.82) is 0 Å². The highest BCUT2D eigenvalue weighted by Crippen LogP contribution is 2.33. The highest BCUT2D eigenvalue weighted by Gasteiger charge is 2.29. The average Bonchev–Trinajstić information content (AvgIpc) is 2.30. The summed E-state index contributed by atoms with van der Waals surface area (Å²) >= 11 is 0. The van der Waals surface area contributed by atoms with Crippen LogP contribution >= 0.6 is 0 Å². The molecule has 2 rings (SSSR count). The molecule has 0 bridgehead atoms. The Hall–Kier alpha value is -1.76. The Labute approximate surface area is 108 Å². The van der Waals surface area contributed by atoms with Crippen molar-refractivity contribution in [3.8, 4) is 5.75 Å².